The van der Waals surface area contributed by atoms with Gasteiger partial charge in [0.1, 0.15) is 6.26 Å². The number of oxazole rings is 1. The molecule has 6 heteroatoms. The minimum absolute atomic E-state index is 0.442. The quantitative estimate of drug-likeness (QED) is 0.604. The molecule has 124 valence electrons. The third kappa shape index (κ3) is 3.53. The van der Waals surface area contributed by atoms with Crippen molar-refractivity contribution in [3.63, 3.8) is 0 Å². The maximum Gasteiger partial charge on any atom is 0.276 e. The second-order valence-electron chi connectivity index (χ2n) is 6.04. The first-order valence-corrected chi connectivity index (χ1v) is 9.33. The Bertz CT molecular complexity index is 778. The molecule has 0 spiro atoms. The van der Waals surface area contributed by atoms with Crippen LogP contribution in [0.1, 0.15) is 49.6 Å². The maximum absolute atomic E-state index is 5.82. The molecule has 0 unspecified atom stereocenters. The summed E-state index contributed by atoms with van der Waals surface area (Å²) in [4.78, 5) is 4.51. The number of aromatic nitrogens is 3. The molecule has 4 rings (SSSR count). The standard InChI is InChI=1S/C18H19N3O2S/c1-3-7-13(8-4-1)16-19-15(11-22-16)12-24-18-21-20-17(23-18)14-9-5-2-6-10-14/h1,3-4,7-8,11,14H,2,5-6,9-10,12H2. The van der Waals surface area contributed by atoms with Gasteiger partial charge >= 0.3 is 0 Å². The average molecular weight is 341 g/mol. The Morgan fingerprint density at radius 2 is 1.88 bits per heavy atom. The van der Waals surface area contributed by atoms with E-state index in [-0.39, 0.29) is 0 Å². The number of rotatable bonds is 5. The van der Waals surface area contributed by atoms with Crippen molar-refractivity contribution in [2.45, 2.75) is 49.0 Å². The lowest BCUT2D eigenvalue weighted by Crippen LogP contribution is -2.04. The fraction of sp³-hybridized carbons (Fsp3) is 0.389. The van der Waals surface area contributed by atoms with Crippen molar-refractivity contribution in [1.29, 1.82) is 0 Å². The van der Waals surface area contributed by atoms with Gasteiger partial charge < -0.3 is 8.83 Å². The molecule has 1 saturated carbocycles. The molecule has 24 heavy (non-hydrogen) atoms. The Morgan fingerprint density at radius 3 is 2.71 bits per heavy atom. The third-order valence-corrected chi connectivity index (χ3v) is 5.14. The molecule has 5 nitrogen and oxygen atoms in total. The summed E-state index contributed by atoms with van der Waals surface area (Å²) in [5.41, 5.74) is 1.85. The summed E-state index contributed by atoms with van der Waals surface area (Å²) in [7, 11) is 0. The molecule has 0 N–H and O–H groups in total. The van der Waals surface area contributed by atoms with Gasteiger partial charge in [0.15, 0.2) is 0 Å². The van der Waals surface area contributed by atoms with E-state index in [0.29, 0.717) is 22.8 Å². The van der Waals surface area contributed by atoms with Crippen LogP contribution in [-0.4, -0.2) is 15.2 Å². The van der Waals surface area contributed by atoms with E-state index in [1.54, 1.807) is 6.26 Å². The van der Waals surface area contributed by atoms with Gasteiger partial charge in [-0.3, -0.25) is 0 Å². The molecule has 1 fully saturated rings. The molecule has 2 heterocycles. The molecular formula is C18H19N3O2S. The molecule has 0 aliphatic heterocycles. The van der Waals surface area contributed by atoms with Crippen molar-refractivity contribution in [2.24, 2.45) is 0 Å². The largest absolute Gasteiger partial charge is 0.444 e. The van der Waals surface area contributed by atoms with E-state index in [1.807, 2.05) is 30.3 Å². The number of hydrogen-bond acceptors (Lipinski definition) is 6. The number of benzene rings is 1. The zero-order valence-electron chi connectivity index (χ0n) is 13.4. The van der Waals surface area contributed by atoms with Gasteiger partial charge in [0, 0.05) is 17.2 Å². The zero-order valence-corrected chi connectivity index (χ0v) is 14.2. The van der Waals surface area contributed by atoms with Gasteiger partial charge in [0.25, 0.3) is 5.22 Å². The van der Waals surface area contributed by atoms with Crippen molar-refractivity contribution in [1.82, 2.24) is 15.2 Å². The minimum Gasteiger partial charge on any atom is -0.444 e. The second kappa shape index (κ2) is 7.21. The molecule has 1 aromatic carbocycles. The van der Waals surface area contributed by atoms with Gasteiger partial charge in [0.05, 0.1) is 5.69 Å². The Balaban J connectivity index is 1.37. The lowest BCUT2D eigenvalue weighted by atomic mass is 9.89. The zero-order chi connectivity index (χ0) is 16.2. The van der Waals surface area contributed by atoms with Crippen molar-refractivity contribution in [3.05, 3.63) is 48.2 Å². The van der Waals surface area contributed by atoms with Gasteiger partial charge in [-0.1, -0.05) is 49.2 Å². The van der Waals surface area contributed by atoms with Gasteiger partial charge in [-0.2, -0.15) is 0 Å². The highest BCUT2D eigenvalue weighted by atomic mass is 32.2. The Labute approximate surface area is 144 Å². The predicted octanol–water partition coefficient (Wildman–Crippen LogP) is 5.06. The van der Waals surface area contributed by atoms with Crippen LogP contribution < -0.4 is 0 Å². The Hall–Kier alpha value is -2.08. The summed E-state index contributed by atoms with van der Waals surface area (Å²) < 4.78 is 11.4. The minimum atomic E-state index is 0.442. The number of nitrogens with zero attached hydrogens (tertiary/aromatic N) is 3. The Morgan fingerprint density at radius 1 is 1.04 bits per heavy atom. The lowest BCUT2D eigenvalue weighted by molar-refractivity contribution is 0.334. The normalized spacial score (nSPS) is 15.7. The van der Waals surface area contributed by atoms with Crippen molar-refractivity contribution >= 4 is 11.8 Å². The summed E-state index contributed by atoms with van der Waals surface area (Å²) >= 11 is 1.50. The highest BCUT2D eigenvalue weighted by Gasteiger charge is 2.21. The number of hydrogen-bond donors (Lipinski definition) is 0. The Kier molecular flexibility index (Phi) is 4.64. The molecule has 1 aliphatic rings. The van der Waals surface area contributed by atoms with Crippen LogP contribution in [0.4, 0.5) is 0 Å². The molecule has 0 radical (unpaired) electrons. The van der Waals surface area contributed by atoms with E-state index in [0.717, 1.165) is 30.0 Å². The van der Waals surface area contributed by atoms with Crippen LogP contribution in [0.2, 0.25) is 0 Å². The molecule has 0 atom stereocenters. The molecule has 0 amide bonds. The SMILES string of the molecule is c1ccc(-c2nc(CSc3nnc(C4CCCCC4)o3)co2)cc1. The predicted molar refractivity (Wildman–Crippen MR) is 91.6 cm³/mol. The molecule has 1 aliphatic carbocycles. The van der Waals surface area contributed by atoms with Gasteiger partial charge in [-0.05, 0) is 25.0 Å². The molecule has 0 bridgehead atoms. The van der Waals surface area contributed by atoms with Gasteiger partial charge in [0.2, 0.25) is 11.8 Å². The van der Waals surface area contributed by atoms with Gasteiger partial charge in [-0.25, -0.2) is 4.98 Å². The summed E-state index contributed by atoms with van der Waals surface area (Å²) in [6, 6.07) is 9.88. The van der Waals surface area contributed by atoms with Gasteiger partial charge in [-0.15, -0.1) is 10.2 Å². The highest BCUT2D eigenvalue weighted by Crippen LogP contribution is 2.33. The van der Waals surface area contributed by atoms with Crippen LogP contribution in [0.5, 0.6) is 0 Å². The fourth-order valence-corrected chi connectivity index (χ4v) is 3.66. The molecule has 2 aromatic heterocycles. The van der Waals surface area contributed by atoms with Crippen LogP contribution in [0.15, 0.2) is 50.7 Å². The van der Waals surface area contributed by atoms with Crippen LogP contribution in [0.3, 0.4) is 0 Å². The summed E-state index contributed by atoms with van der Waals surface area (Å²) in [5, 5.41) is 8.99. The first-order valence-electron chi connectivity index (χ1n) is 8.34. The fourth-order valence-electron chi connectivity index (χ4n) is 3.02. The van der Waals surface area contributed by atoms with E-state index >= 15 is 0 Å². The van der Waals surface area contributed by atoms with Crippen LogP contribution >= 0.6 is 11.8 Å². The third-order valence-electron chi connectivity index (χ3n) is 4.29. The van der Waals surface area contributed by atoms with Crippen LogP contribution in [0, 0.1) is 0 Å². The summed E-state index contributed by atoms with van der Waals surface area (Å²) in [5.74, 6) is 2.53. The van der Waals surface area contributed by atoms with Crippen molar-refractivity contribution in [3.8, 4) is 11.5 Å². The van der Waals surface area contributed by atoms with E-state index in [1.165, 1.54) is 31.0 Å². The average Bonchev–Trinajstić information content (AvgIpc) is 3.31. The topological polar surface area (TPSA) is 65.0 Å². The smallest absolute Gasteiger partial charge is 0.276 e. The molecule has 0 saturated heterocycles. The van der Waals surface area contributed by atoms with E-state index in [9.17, 15) is 0 Å². The van der Waals surface area contributed by atoms with Crippen molar-refractivity contribution < 1.29 is 8.83 Å². The van der Waals surface area contributed by atoms with E-state index in [4.69, 9.17) is 8.83 Å². The molecule has 3 aromatic rings. The maximum atomic E-state index is 5.82. The summed E-state index contributed by atoms with van der Waals surface area (Å²) in [6.45, 7) is 0. The first kappa shape index (κ1) is 15.4. The van der Waals surface area contributed by atoms with Crippen LogP contribution in [0.25, 0.3) is 11.5 Å². The monoisotopic (exact) mass is 341 g/mol. The van der Waals surface area contributed by atoms with E-state index in [2.05, 4.69) is 15.2 Å². The number of thioether (sulfide) groups is 1. The van der Waals surface area contributed by atoms with E-state index < -0.39 is 0 Å². The molecular weight excluding hydrogens is 322 g/mol. The summed E-state index contributed by atoms with van der Waals surface area (Å²) in [6.07, 6.45) is 7.86. The van der Waals surface area contributed by atoms with Crippen LogP contribution in [-0.2, 0) is 5.75 Å². The van der Waals surface area contributed by atoms with Crippen molar-refractivity contribution in [2.75, 3.05) is 0 Å². The highest BCUT2D eigenvalue weighted by molar-refractivity contribution is 7.98. The lowest BCUT2D eigenvalue weighted by Gasteiger charge is -2.17. The second-order valence-corrected chi connectivity index (χ2v) is 6.97. The first-order chi connectivity index (χ1) is 11.9.